The number of amides is 3. The molecule has 0 radical (unpaired) electrons. The van der Waals surface area contributed by atoms with Crippen LogP contribution in [-0.4, -0.2) is 46.8 Å². The topological polar surface area (TPSA) is 84.0 Å². The minimum absolute atomic E-state index is 0.104. The van der Waals surface area contributed by atoms with Gasteiger partial charge in [-0.25, -0.2) is 9.69 Å². The van der Waals surface area contributed by atoms with Gasteiger partial charge in [0.05, 0.1) is 24.3 Å². The van der Waals surface area contributed by atoms with Crippen molar-refractivity contribution in [2.45, 2.75) is 52.6 Å². The van der Waals surface area contributed by atoms with Crippen LogP contribution in [0.2, 0.25) is 0 Å². The maximum atomic E-state index is 13.4. The van der Waals surface area contributed by atoms with Gasteiger partial charge < -0.3 is 9.64 Å². The molecule has 1 atom stereocenters. The highest BCUT2D eigenvalue weighted by molar-refractivity contribution is 6.23. The summed E-state index contributed by atoms with van der Waals surface area (Å²) in [6.45, 7) is 9.42. The monoisotopic (exact) mass is 436 g/mol. The number of anilines is 1. The summed E-state index contributed by atoms with van der Waals surface area (Å²) in [6.07, 6.45) is -0.104. The lowest BCUT2D eigenvalue weighted by Gasteiger charge is -2.39. The van der Waals surface area contributed by atoms with Crippen molar-refractivity contribution in [3.8, 4) is 0 Å². The first-order valence-corrected chi connectivity index (χ1v) is 10.6. The number of benzene rings is 2. The van der Waals surface area contributed by atoms with Crippen molar-refractivity contribution in [2.24, 2.45) is 0 Å². The van der Waals surface area contributed by atoms with E-state index in [4.69, 9.17) is 4.74 Å². The maximum absolute atomic E-state index is 13.4. The first-order chi connectivity index (χ1) is 15.0. The molecular weight excluding hydrogens is 408 g/mol. The number of esters is 1. The molecule has 1 fully saturated rings. The van der Waals surface area contributed by atoms with Crippen LogP contribution in [0.4, 0.5) is 5.69 Å². The Balaban J connectivity index is 1.90. The van der Waals surface area contributed by atoms with E-state index in [1.165, 1.54) is 29.2 Å². The van der Waals surface area contributed by atoms with E-state index in [0.29, 0.717) is 16.8 Å². The molecule has 0 saturated carbocycles. The van der Waals surface area contributed by atoms with Crippen LogP contribution in [0.1, 0.15) is 60.4 Å². The molecule has 1 aliphatic rings. The lowest BCUT2D eigenvalue weighted by Crippen LogP contribution is -2.54. The van der Waals surface area contributed by atoms with Crippen LogP contribution in [0.25, 0.3) is 0 Å². The second-order valence-electron chi connectivity index (χ2n) is 8.77. The zero-order chi connectivity index (χ0) is 23.6. The summed E-state index contributed by atoms with van der Waals surface area (Å²) >= 11 is 0. The molecular formula is C25H28N2O5. The zero-order valence-corrected chi connectivity index (χ0v) is 19.0. The minimum Gasteiger partial charge on any atom is -0.462 e. The van der Waals surface area contributed by atoms with Crippen molar-refractivity contribution in [1.82, 2.24) is 4.90 Å². The van der Waals surface area contributed by atoms with E-state index in [2.05, 4.69) is 0 Å². The van der Waals surface area contributed by atoms with Crippen molar-refractivity contribution < 1.29 is 23.9 Å². The zero-order valence-electron chi connectivity index (χ0n) is 19.0. The average molecular weight is 437 g/mol. The van der Waals surface area contributed by atoms with Crippen LogP contribution in [-0.2, 0) is 14.3 Å². The quantitative estimate of drug-likeness (QED) is 0.527. The first kappa shape index (κ1) is 23.2. The number of nitrogens with zero attached hydrogens (tertiary/aromatic N) is 2. The molecule has 1 heterocycles. The Morgan fingerprint density at radius 1 is 1.00 bits per heavy atom. The molecule has 32 heavy (non-hydrogen) atoms. The Labute approximate surface area is 188 Å². The van der Waals surface area contributed by atoms with Gasteiger partial charge in [0.25, 0.3) is 11.8 Å². The normalized spacial score (nSPS) is 16.3. The molecule has 2 aromatic carbocycles. The summed E-state index contributed by atoms with van der Waals surface area (Å²) in [5, 5.41) is 0. The van der Waals surface area contributed by atoms with E-state index in [-0.39, 0.29) is 18.9 Å². The molecule has 0 aromatic heterocycles. The van der Waals surface area contributed by atoms with Crippen molar-refractivity contribution in [1.29, 1.82) is 0 Å². The van der Waals surface area contributed by atoms with E-state index in [0.717, 1.165) is 10.5 Å². The Morgan fingerprint density at radius 2 is 1.56 bits per heavy atom. The molecule has 1 aliphatic heterocycles. The van der Waals surface area contributed by atoms with Crippen LogP contribution in [0.5, 0.6) is 0 Å². The predicted molar refractivity (Wildman–Crippen MR) is 120 cm³/mol. The molecule has 0 spiro atoms. The lowest BCUT2D eigenvalue weighted by molar-refractivity contribution is -0.123. The Hall–Kier alpha value is -3.48. The van der Waals surface area contributed by atoms with Crippen LogP contribution >= 0.6 is 0 Å². The molecule has 168 valence electrons. The summed E-state index contributed by atoms with van der Waals surface area (Å²) in [5.74, 6) is -1.63. The standard InChI is InChI=1S/C25H28N2O5/c1-6-32-24(31)18-11-13-19(14-12-18)26-21(28)15-20(23(26)30)27(25(3,4)5)22(29)17-9-7-16(2)8-10-17/h7-14,20H,6,15H2,1-5H3. The fourth-order valence-electron chi connectivity index (χ4n) is 3.80. The first-order valence-electron chi connectivity index (χ1n) is 10.6. The average Bonchev–Trinajstić information content (AvgIpc) is 3.01. The van der Waals surface area contributed by atoms with Crippen LogP contribution in [0, 0.1) is 6.92 Å². The van der Waals surface area contributed by atoms with Crippen LogP contribution < -0.4 is 4.90 Å². The van der Waals surface area contributed by atoms with Gasteiger partial charge in [-0.15, -0.1) is 0 Å². The minimum atomic E-state index is -0.916. The molecule has 2 aromatic rings. The molecule has 0 bridgehead atoms. The van der Waals surface area contributed by atoms with E-state index in [1.54, 1.807) is 19.1 Å². The van der Waals surface area contributed by atoms with E-state index in [1.807, 2.05) is 39.8 Å². The smallest absolute Gasteiger partial charge is 0.338 e. The number of carbonyl (C=O) groups is 4. The molecule has 1 unspecified atom stereocenters. The third-order valence-corrected chi connectivity index (χ3v) is 5.31. The maximum Gasteiger partial charge on any atom is 0.338 e. The van der Waals surface area contributed by atoms with E-state index in [9.17, 15) is 19.2 Å². The van der Waals surface area contributed by atoms with Gasteiger partial charge in [-0.05, 0) is 71.0 Å². The second kappa shape index (κ2) is 8.94. The molecule has 0 aliphatic carbocycles. The molecule has 1 saturated heterocycles. The van der Waals surface area contributed by atoms with Gasteiger partial charge in [0.15, 0.2) is 0 Å². The van der Waals surface area contributed by atoms with E-state index < -0.39 is 29.4 Å². The number of hydrogen-bond donors (Lipinski definition) is 0. The van der Waals surface area contributed by atoms with Crippen molar-refractivity contribution in [3.63, 3.8) is 0 Å². The number of rotatable bonds is 5. The van der Waals surface area contributed by atoms with Gasteiger partial charge >= 0.3 is 5.97 Å². The van der Waals surface area contributed by atoms with Gasteiger partial charge in [-0.3, -0.25) is 14.4 Å². The highest BCUT2D eigenvalue weighted by Crippen LogP contribution is 2.31. The van der Waals surface area contributed by atoms with Gasteiger partial charge in [-0.1, -0.05) is 17.7 Å². The molecule has 7 heteroatoms. The van der Waals surface area contributed by atoms with Gasteiger partial charge in [-0.2, -0.15) is 0 Å². The van der Waals surface area contributed by atoms with Crippen LogP contribution in [0.15, 0.2) is 48.5 Å². The summed E-state index contributed by atoms with van der Waals surface area (Å²) in [5.41, 5.74) is 1.48. The fraction of sp³-hybridized carbons (Fsp3) is 0.360. The Kier molecular flexibility index (Phi) is 6.48. The second-order valence-corrected chi connectivity index (χ2v) is 8.77. The molecule has 7 nitrogen and oxygen atoms in total. The fourth-order valence-corrected chi connectivity index (χ4v) is 3.80. The highest BCUT2D eigenvalue weighted by Gasteiger charge is 2.47. The van der Waals surface area contributed by atoms with E-state index >= 15 is 0 Å². The van der Waals surface area contributed by atoms with Crippen molar-refractivity contribution >= 4 is 29.4 Å². The molecule has 0 N–H and O–H groups in total. The van der Waals surface area contributed by atoms with Crippen molar-refractivity contribution in [2.75, 3.05) is 11.5 Å². The predicted octanol–water partition coefficient (Wildman–Crippen LogP) is 3.74. The Bertz CT molecular complexity index is 1040. The number of ether oxygens (including phenoxy) is 1. The summed E-state index contributed by atoms with van der Waals surface area (Å²) in [7, 11) is 0. The third-order valence-electron chi connectivity index (χ3n) is 5.31. The molecule has 3 rings (SSSR count). The largest absolute Gasteiger partial charge is 0.462 e. The number of imide groups is 1. The lowest BCUT2D eigenvalue weighted by atomic mass is 9.99. The summed E-state index contributed by atoms with van der Waals surface area (Å²) in [4.78, 5) is 54.0. The van der Waals surface area contributed by atoms with Crippen molar-refractivity contribution in [3.05, 3.63) is 65.2 Å². The van der Waals surface area contributed by atoms with Gasteiger partial charge in [0.2, 0.25) is 5.91 Å². The number of carbonyl (C=O) groups excluding carboxylic acids is 4. The highest BCUT2D eigenvalue weighted by atomic mass is 16.5. The SMILES string of the molecule is CCOC(=O)c1ccc(N2C(=O)CC(N(C(=O)c3ccc(C)cc3)C(C)(C)C)C2=O)cc1. The third kappa shape index (κ3) is 4.56. The molecule has 3 amide bonds. The summed E-state index contributed by atoms with van der Waals surface area (Å²) < 4.78 is 4.97. The van der Waals surface area contributed by atoms with Crippen LogP contribution in [0.3, 0.4) is 0 Å². The Morgan fingerprint density at radius 3 is 2.09 bits per heavy atom. The number of aryl methyl sites for hydroxylation is 1. The number of hydrogen-bond acceptors (Lipinski definition) is 5. The summed E-state index contributed by atoms with van der Waals surface area (Å²) in [6, 6.07) is 12.3. The van der Waals surface area contributed by atoms with Gasteiger partial charge in [0, 0.05) is 11.1 Å². The van der Waals surface area contributed by atoms with Gasteiger partial charge in [0.1, 0.15) is 6.04 Å².